The van der Waals surface area contributed by atoms with Crippen LogP contribution in [0.5, 0.6) is 5.75 Å². The number of carbonyl (C=O) groups excluding carboxylic acids is 1. The normalized spacial score (nSPS) is 10.6. The number of anilines is 1. The van der Waals surface area contributed by atoms with E-state index in [0.717, 1.165) is 6.08 Å². The highest BCUT2D eigenvalue weighted by Crippen LogP contribution is 2.34. The van der Waals surface area contributed by atoms with E-state index in [4.69, 9.17) is 33.0 Å². The van der Waals surface area contributed by atoms with Crippen molar-refractivity contribution >= 4 is 46.8 Å². The number of carboxylic acids is 1. The lowest BCUT2D eigenvalue weighted by Crippen LogP contribution is -2.12. The number of methoxy groups -OCH3 is 1. The zero-order valence-corrected chi connectivity index (χ0v) is 14.1. The lowest BCUT2D eigenvalue weighted by Gasteiger charge is -2.10. The Balaban J connectivity index is 2.21. The summed E-state index contributed by atoms with van der Waals surface area (Å²) in [7, 11) is 1.43. The molecule has 0 fully saturated rings. The van der Waals surface area contributed by atoms with Crippen LogP contribution >= 0.6 is 23.2 Å². The molecule has 0 spiro atoms. The second-order valence-corrected chi connectivity index (χ2v) is 5.54. The molecule has 124 valence electrons. The predicted molar refractivity (Wildman–Crippen MR) is 94.1 cm³/mol. The molecule has 1 amide bonds. The van der Waals surface area contributed by atoms with E-state index in [1.165, 1.54) is 25.3 Å². The van der Waals surface area contributed by atoms with Crippen molar-refractivity contribution in [2.75, 3.05) is 12.4 Å². The van der Waals surface area contributed by atoms with Gasteiger partial charge in [-0.15, -0.1) is 0 Å². The largest absolute Gasteiger partial charge is 0.494 e. The standard InChI is InChI=1S/C17H13Cl2NO4/c1-24-16-13(18)8-11(9-14(16)19)17(23)20-12-4-2-3-10(7-12)5-6-15(21)22/h2-9H,1H3,(H,20,23)(H,21,22)/b6-5+. The lowest BCUT2D eigenvalue weighted by molar-refractivity contribution is -0.131. The van der Waals surface area contributed by atoms with Crippen LogP contribution in [-0.2, 0) is 4.79 Å². The molecule has 0 aromatic heterocycles. The van der Waals surface area contributed by atoms with Gasteiger partial charge in [0.1, 0.15) is 0 Å². The minimum absolute atomic E-state index is 0.230. The average Bonchev–Trinajstić information content (AvgIpc) is 2.53. The molecule has 0 aliphatic heterocycles. The van der Waals surface area contributed by atoms with Crippen LogP contribution in [0.4, 0.5) is 5.69 Å². The minimum atomic E-state index is -1.05. The van der Waals surface area contributed by atoms with Crippen molar-refractivity contribution in [3.8, 4) is 5.75 Å². The zero-order chi connectivity index (χ0) is 17.7. The first kappa shape index (κ1) is 17.8. The van der Waals surface area contributed by atoms with Gasteiger partial charge in [-0.3, -0.25) is 4.79 Å². The second-order valence-electron chi connectivity index (χ2n) is 4.72. The van der Waals surface area contributed by atoms with E-state index in [1.54, 1.807) is 24.3 Å². The molecule has 0 radical (unpaired) electrons. The maximum absolute atomic E-state index is 12.3. The van der Waals surface area contributed by atoms with E-state index < -0.39 is 11.9 Å². The summed E-state index contributed by atoms with van der Waals surface area (Å²) in [6, 6.07) is 9.65. The van der Waals surface area contributed by atoms with Gasteiger partial charge in [0.25, 0.3) is 5.91 Å². The van der Waals surface area contributed by atoms with Crippen molar-refractivity contribution in [2.24, 2.45) is 0 Å². The molecule has 0 heterocycles. The molecule has 0 bridgehead atoms. The number of aliphatic carboxylic acids is 1. The maximum Gasteiger partial charge on any atom is 0.328 e. The van der Waals surface area contributed by atoms with Gasteiger partial charge >= 0.3 is 5.97 Å². The third-order valence-electron chi connectivity index (χ3n) is 3.03. The Hall–Kier alpha value is -2.50. The molecule has 5 nitrogen and oxygen atoms in total. The van der Waals surface area contributed by atoms with Crippen LogP contribution in [0.15, 0.2) is 42.5 Å². The lowest BCUT2D eigenvalue weighted by atomic mass is 10.1. The van der Waals surface area contributed by atoms with Crippen LogP contribution in [-0.4, -0.2) is 24.1 Å². The molecular weight excluding hydrogens is 353 g/mol. The molecule has 2 aromatic carbocycles. The number of carboxylic acid groups (broad SMARTS) is 1. The maximum atomic E-state index is 12.3. The van der Waals surface area contributed by atoms with Gasteiger partial charge in [0, 0.05) is 17.3 Å². The topological polar surface area (TPSA) is 75.6 Å². The molecule has 2 rings (SSSR count). The number of benzene rings is 2. The molecule has 0 atom stereocenters. The summed E-state index contributed by atoms with van der Waals surface area (Å²) in [4.78, 5) is 22.9. The van der Waals surface area contributed by atoms with E-state index in [9.17, 15) is 9.59 Å². The number of hydrogen-bond acceptors (Lipinski definition) is 3. The van der Waals surface area contributed by atoms with Crippen LogP contribution < -0.4 is 10.1 Å². The van der Waals surface area contributed by atoms with Crippen LogP contribution in [0.25, 0.3) is 6.08 Å². The summed E-state index contributed by atoms with van der Waals surface area (Å²) in [6.45, 7) is 0. The van der Waals surface area contributed by atoms with E-state index in [1.807, 2.05) is 0 Å². The number of rotatable bonds is 5. The molecule has 0 aliphatic carbocycles. The Bertz CT molecular complexity index is 795. The number of nitrogens with one attached hydrogen (secondary N) is 1. The van der Waals surface area contributed by atoms with Crippen molar-refractivity contribution in [1.29, 1.82) is 0 Å². The first-order chi connectivity index (χ1) is 11.4. The molecule has 24 heavy (non-hydrogen) atoms. The molecule has 0 saturated heterocycles. The summed E-state index contributed by atoms with van der Waals surface area (Å²) < 4.78 is 5.04. The molecule has 2 aromatic rings. The Labute approximate surface area is 148 Å². The highest BCUT2D eigenvalue weighted by atomic mass is 35.5. The highest BCUT2D eigenvalue weighted by Gasteiger charge is 2.13. The Morgan fingerprint density at radius 2 is 1.83 bits per heavy atom. The van der Waals surface area contributed by atoms with Crippen molar-refractivity contribution < 1.29 is 19.4 Å². The SMILES string of the molecule is COc1c(Cl)cc(C(=O)Nc2cccc(/C=C/C(=O)O)c2)cc1Cl. The molecule has 7 heteroatoms. The smallest absolute Gasteiger partial charge is 0.328 e. The quantitative estimate of drug-likeness (QED) is 0.772. The Morgan fingerprint density at radius 3 is 2.42 bits per heavy atom. The molecular formula is C17H13Cl2NO4. The summed E-state index contributed by atoms with van der Waals surface area (Å²) >= 11 is 12.0. The van der Waals surface area contributed by atoms with Crippen LogP contribution in [0, 0.1) is 0 Å². The van der Waals surface area contributed by atoms with Crippen molar-refractivity contribution in [3.63, 3.8) is 0 Å². The fourth-order valence-corrected chi connectivity index (χ4v) is 2.62. The summed E-state index contributed by atoms with van der Waals surface area (Å²) in [6.07, 6.45) is 2.45. The summed E-state index contributed by atoms with van der Waals surface area (Å²) in [5, 5.41) is 11.8. The van der Waals surface area contributed by atoms with Gasteiger partial charge in [-0.2, -0.15) is 0 Å². The molecule has 0 unspecified atom stereocenters. The monoisotopic (exact) mass is 365 g/mol. The average molecular weight is 366 g/mol. The minimum Gasteiger partial charge on any atom is -0.494 e. The summed E-state index contributed by atoms with van der Waals surface area (Å²) in [5.41, 5.74) is 1.42. The first-order valence-electron chi connectivity index (χ1n) is 6.76. The molecule has 0 saturated carbocycles. The van der Waals surface area contributed by atoms with Gasteiger partial charge in [0.05, 0.1) is 17.2 Å². The third kappa shape index (κ3) is 4.50. The molecule has 2 N–H and O–H groups in total. The van der Waals surface area contributed by atoms with Crippen molar-refractivity contribution in [3.05, 3.63) is 63.6 Å². The summed E-state index contributed by atoms with van der Waals surface area (Å²) in [5.74, 6) is -1.15. The highest BCUT2D eigenvalue weighted by molar-refractivity contribution is 6.37. The van der Waals surface area contributed by atoms with E-state index in [2.05, 4.69) is 5.32 Å². The number of hydrogen-bond donors (Lipinski definition) is 2. The van der Waals surface area contributed by atoms with Gasteiger partial charge in [0.2, 0.25) is 0 Å². The van der Waals surface area contributed by atoms with Crippen molar-refractivity contribution in [2.45, 2.75) is 0 Å². The van der Waals surface area contributed by atoms with Gasteiger partial charge in [0.15, 0.2) is 5.75 Å². The van der Waals surface area contributed by atoms with Crippen LogP contribution in [0.1, 0.15) is 15.9 Å². The van der Waals surface area contributed by atoms with Crippen molar-refractivity contribution in [1.82, 2.24) is 0 Å². The van der Waals surface area contributed by atoms with E-state index in [-0.39, 0.29) is 15.6 Å². The van der Waals surface area contributed by atoms with E-state index in [0.29, 0.717) is 17.0 Å². The number of ether oxygens (including phenoxy) is 1. The van der Waals surface area contributed by atoms with Gasteiger partial charge in [-0.05, 0) is 35.9 Å². The van der Waals surface area contributed by atoms with Gasteiger partial charge in [-0.25, -0.2) is 4.79 Å². The fourth-order valence-electron chi connectivity index (χ4n) is 1.98. The first-order valence-corrected chi connectivity index (χ1v) is 7.51. The number of halogens is 2. The van der Waals surface area contributed by atoms with E-state index >= 15 is 0 Å². The molecule has 0 aliphatic rings. The Morgan fingerprint density at radius 1 is 1.17 bits per heavy atom. The van der Waals surface area contributed by atoms with Crippen LogP contribution in [0.2, 0.25) is 10.0 Å². The van der Waals surface area contributed by atoms with Gasteiger partial charge in [-0.1, -0.05) is 35.3 Å². The fraction of sp³-hybridized carbons (Fsp3) is 0.0588. The Kier molecular flexibility index (Phi) is 5.84. The predicted octanol–water partition coefficient (Wildman–Crippen LogP) is 4.35. The zero-order valence-electron chi connectivity index (χ0n) is 12.5. The second kappa shape index (κ2) is 7.86. The number of amides is 1. The van der Waals surface area contributed by atoms with Crippen LogP contribution in [0.3, 0.4) is 0 Å². The van der Waals surface area contributed by atoms with Gasteiger partial charge < -0.3 is 15.2 Å². The third-order valence-corrected chi connectivity index (χ3v) is 3.59. The number of carbonyl (C=O) groups is 2.